The van der Waals surface area contributed by atoms with Crippen LogP contribution in [-0.4, -0.2) is 33.8 Å². The van der Waals surface area contributed by atoms with Gasteiger partial charge in [-0.25, -0.2) is 4.39 Å². The average molecular weight is 468 g/mol. The van der Waals surface area contributed by atoms with Gasteiger partial charge in [-0.1, -0.05) is 18.2 Å². The molecule has 5 nitrogen and oxygen atoms in total. The predicted octanol–water partition coefficient (Wildman–Crippen LogP) is 4.29. The molecule has 1 saturated heterocycles. The van der Waals surface area contributed by atoms with Crippen LogP contribution in [-0.2, 0) is 21.8 Å². The fraction of sp³-hybridized carbons (Fsp3) is 0.208. The molecule has 2 amide bonds. The van der Waals surface area contributed by atoms with Crippen molar-refractivity contribution in [3.63, 3.8) is 0 Å². The third-order valence-electron chi connectivity index (χ3n) is 4.97. The van der Waals surface area contributed by atoms with Crippen molar-refractivity contribution in [3.8, 4) is 0 Å². The number of aromatic nitrogens is 1. The molecule has 164 valence electrons. The van der Waals surface area contributed by atoms with E-state index in [4.69, 9.17) is 0 Å². The molecule has 3 aromatic rings. The van der Waals surface area contributed by atoms with E-state index in [2.05, 4.69) is 15.6 Å². The second-order valence-electron chi connectivity index (χ2n) is 7.38. The van der Waals surface area contributed by atoms with Crippen molar-refractivity contribution in [1.82, 2.24) is 10.3 Å². The summed E-state index contributed by atoms with van der Waals surface area (Å²) in [4.78, 5) is 30.3. The third-order valence-corrected chi connectivity index (χ3v) is 7.37. The van der Waals surface area contributed by atoms with Crippen LogP contribution in [0.4, 0.5) is 10.1 Å². The van der Waals surface area contributed by atoms with Gasteiger partial charge in [0.25, 0.3) is 0 Å². The first-order valence-corrected chi connectivity index (χ1v) is 12.2. The number of thioether (sulfide) groups is 2. The van der Waals surface area contributed by atoms with E-state index in [-0.39, 0.29) is 22.9 Å². The van der Waals surface area contributed by atoms with Crippen molar-refractivity contribution in [2.45, 2.75) is 28.4 Å². The average Bonchev–Trinajstić information content (AvgIpc) is 2.82. The third kappa shape index (κ3) is 6.11. The number of hydrogen-bond donors (Lipinski definition) is 2. The van der Waals surface area contributed by atoms with Crippen molar-refractivity contribution >= 4 is 41.0 Å². The largest absolute Gasteiger partial charge is 0.343 e. The zero-order chi connectivity index (χ0) is 22.3. The molecule has 1 fully saturated rings. The molecule has 2 N–H and O–H groups in total. The summed E-state index contributed by atoms with van der Waals surface area (Å²) in [6.07, 6.45) is 4.11. The topological polar surface area (TPSA) is 71.1 Å². The Balaban J connectivity index is 1.26. The first-order valence-electron chi connectivity index (χ1n) is 10.2. The Morgan fingerprint density at radius 2 is 1.91 bits per heavy atom. The Bertz CT molecular complexity index is 1060. The summed E-state index contributed by atoms with van der Waals surface area (Å²) in [5.74, 6) is 0.605. The van der Waals surface area contributed by atoms with E-state index in [1.165, 1.54) is 23.9 Å². The first kappa shape index (κ1) is 22.4. The highest BCUT2D eigenvalue weighted by atomic mass is 32.2. The molecule has 2 heterocycles. The van der Waals surface area contributed by atoms with Gasteiger partial charge in [-0.2, -0.15) is 0 Å². The zero-order valence-electron chi connectivity index (χ0n) is 17.2. The smallest absolute Gasteiger partial charge is 0.247 e. The van der Waals surface area contributed by atoms with Gasteiger partial charge < -0.3 is 10.6 Å². The number of benzene rings is 2. The maximum Gasteiger partial charge on any atom is 0.247 e. The molecule has 8 heteroatoms. The molecule has 0 radical (unpaired) electrons. The SMILES string of the molecule is O=C(Nc1ccc(SCc2cccnc2)cc1)C1CSC(Cc2ccc(F)cc2)C(=O)N1. The minimum Gasteiger partial charge on any atom is -0.343 e. The lowest BCUT2D eigenvalue weighted by Crippen LogP contribution is -2.52. The molecule has 2 atom stereocenters. The van der Waals surface area contributed by atoms with Crippen molar-refractivity contribution in [3.05, 3.63) is 90.0 Å². The van der Waals surface area contributed by atoms with Gasteiger partial charge in [0.05, 0.1) is 5.25 Å². The Labute approximate surface area is 194 Å². The lowest BCUT2D eigenvalue weighted by molar-refractivity contribution is -0.126. The Morgan fingerprint density at radius 1 is 1.12 bits per heavy atom. The van der Waals surface area contributed by atoms with Crippen LogP contribution in [0.3, 0.4) is 0 Å². The van der Waals surface area contributed by atoms with Gasteiger partial charge in [-0.15, -0.1) is 23.5 Å². The summed E-state index contributed by atoms with van der Waals surface area (Å²) in [6.45, 7) is 0. The molecular weight excluding hydrogens is 445 g/mol. The number of amides is 2. The molecule has 4 rings (SSSR count). The number of anilines is 1. The molecule has 2 aromatic carbocycles. The van der Waals surface area contributed by atoms with Gasteiger partial charge >= 0.3 is 0 Å². The Hall–Kier alpha value is -2.84. The summed E-state index contributed by atoms with van der Waals surface area (Å²) < 4.78 is 13.1. The van der Waals surface area contributed by atoms with Gasteiger partial charge in [0.1, 0.15) is 11.9 Å². The number of rotatable bonds is 7. The number of carbonyl (C=O) groups excluding carboxylic acids is 2. The summed E-state index contributed by atoms with van der Waals surface area (Å²) in [5.41, 5.74) is 2.73. The van der Waals surface area contributed by atoms with Gasteiger partial charge in [-0.05, 0) is 60.0 Å². The minimum absolute atomic E-state index is 0.173. The van der Waals surface area contributed by atoms with E-state index >= 15 is 0 Å². The van der Waals surface area contributed by atoms with E-state index in [1.807, 2.05) is 42.6 Å². The summed E-state index contributed by atoms with van der Waals surface area (Å²) in [5, 5.41) is 5.40. The second kappa shape index (κ2) is 10.7. The van der Waals surface area contributed by atoms with Crippen LogP contribution in [0.1, 0.15) is 11.1 Å². The molecule has 0 saturated carbocycles. The molecule has 1 aliphatic heterocycles. The number of nitrogens with zero attached hydrogens (tertiary/aromatic N) is 1. The second-order valence-corrected chi connectivity index (χ2v) is 9.66. The number of nitrogens with one attached hydrogen (secondary N) is 2. The Kier molecular flexibility index (Phi) is 7.44. The Morgan fingerprint density at radius 3 is 2.59 bits per heavy atom. The van der Waals surface area contributed by atoms with Crippen LogP contribution in [0, 0.1) is 5.82 Å². The minimum atomic E-state index is -0.586. The number of pyridine rings is 1. The van der Waals surface area contributed by atoms with Crippen molar-refractivity contribution in [2.24, 2.45) is 0 Å². The van der Waals surface area contributed by atoms with E-state index in [0.717, 1.165) is 21.8 Å². The van der Waals surface area contributed by atoms with Gasteiger partial charge in [0.2, 0.25) is 11.8 Å². The van der Waals surface area contributed by atoms with Crippen molar-refractivity contribution < 1.29 is 14.0 Å². The summed E-state index contributed by atoms with van der Waals surface area (Å²) >= 11 is 3.15. The number of hydrogen-bond acceptors (Lipinski definition) is 5. The molecule has 32 heavy (non-hydrogen) atoms. The molecular formula is C24H22FN3O2S2. The monoisotopic (exact) mass is 467 g/mol. The number of carbonyl (C=O) groups is 2. The first-order chi connectivity index (χ1) is 15.6. The van der Waals surface area contributed by atoms with Crippen LogP contribution >= 0.6 is 23.5 Å². The normalized spacial score (nSPS) is 18.1. The van der Waals surface area contributed by atoms with E-state index < -0.39 is 6.04 Å². The van der Waals surface area contributed by atoms with E-state index in [1.54, 1.807) is 30.1 Å². The van der Waals surface area contributed by atoms with Gasteiger partial charge in [0.15, 0.2) is 0 Å². The fourth-order valence-electron chi connectivity index (χ4n) is 3.24. The van der Waals surface area contributed by atoms with Crippen LogP contribution in [0.15, 0.2) is 78.0 Å². The summed E-state index contributed by atoms with van der Waals surface area (Å²) in [7, 11) is 0. The molecule has 1 aromatic heterocycles. The lowest BCUT2D eigenvalue weighted by atomic mass is 10.1. The van der Waals surface area contributed by atoms with Crippen LogP contribution < -0.4 is 10.6 Å². The van der Waals surface area contributed by atoms with Crippen molar-refractivity contribution in [1.29, 1.82) is 0 Å². The maximum atomic E-state index is 13.1. The highest BCUT2D eigenvalue weighted by molar-refractivity contribution is 8.00. The quantitative estimate of drug-likeness (QED) is 0.507. The molecule has 0 bridgehead atoms. The molecule has 0 aliphatic carbocycles. The molecule has 2 unspecified atom stereocenters. The standard InChI is InChI=1S/C24H22FN3O2S2/c25-18-5-3-16(4-6-18)12-22-24(30)28-21(15-32-22)23(29)27-19-7-9-20(10-8-19)31-14-17-2-1-11-26-13-17/h1-11,13,21-22H,12,14-15H2,(H,27,29)(H,28,30). The van der Waals surface area contributed by atoms with Crippen LogP contribution in [0.5, 0.6) is 0 Å². The van der Waals surface area contributed by atoms with Crippen molar-refractivity contribution in [2.75, 3.05) is 11.1 Å². The fourth-order valence-corrected chi connectivity index (χ4v) is 5.26. The predicted molar refractivity (Wildman–Crippen MR) is 127 cm³/mol. The van der Waals surface area contributed by atoms with Crippen LogP contribution in [0.2, 0.25) is 0 Å². The summed E-state index contributed by atoms with van der Waals surface area (Å²) in [6, 6.07) is 17.2. The van der Waals surface area contributed by atoms with Gasteiger partial charge in [0, 0.05) is 34.5 Å². The highest BCUT2D eigenvalue weighted by Gasteiger charge is 2.32. The highest BCUT2D eigenvalue weighted by Crippen LogP contribution is 2.25. The molecule has 0 spiro atoms. The lowest BCUT2D eigenvalue weighted by Gasteiger charge is -2.28. The van der Waals surface area contributed by atoms with E-state index in [0.29, 0.717) is 17.9 Å². The van der Waals surface area contributed by atoms with E-state index in [9.17, 15) is 14.0 Å². The maximum absolute atomic E-state index is 13.1. The number of halogens is 1. The van der Waals surface area contributed by atoms with Gasteiger partial charge in [-0.3, -0.25) is 14.6 Å². The molecule has 1 aliphatic rings. The van der Waals surface area contributed by atoms with Crippen LogP contribution in [0.25, 0.3) is 0 Å². The zero-order valence-corrected chi connectivity index (χ0v) is 18.8.